The van der Waals surface area contributed by atoms with Crippen molar-refractivity contribution in [1.29, 1.82) is 0 Å². The van der Waals surface area contributed by atoms with Crippen molar-refractivity contribution in [2.75, 3.05) is 40.4 Å². The van der Waals surface area contributed by atoms with Crippen molar-refractivity contribution in [2.45, 2.75) is 13.0 Å². The van der Waals surface area contributed by atoms with Crippen LogP contribution in [0.3, 0.4) is 0 Å². The smallest absolute Gasteiger partial charge is 0.127 e. The zero-order valence-electron chi connectivity index (χ0n) is 11.8. The van der Waals surface area contributed by atoms with E-state index in [4.69, 9.17) is 4.74 Å². The summed E-state index contributed by atoms with van der Waals surface area (Å²) < 4.78 is 19.2. The lowest BCUT2D eigenvalue weighted by Gasteiger charge is -2.32. The molecule has 0 amide bonds. The summed E-state index contributed by atoms with van der Waals surface area (Å²) in [6, 6.07) is 6.98. The van der Waals surface area contributed by atoms with E-state index in [1.807, 2.05) is 26.2 Å². The number of halogens is 1. The van der Waals surface area contributed by atoms with E-state index in [-0.39, 0.29) is 11.2 Å². The molecular formula is C15H23FN2O. The molecule has 0 bridgehead atoms. The lowest BCUT2D eigenvalue weighted by atomic mass is 9.86. The largest absolute Gasteiger partial charge is 0.381 e. The Morgan fingerprint density at radius 2 is 2.21 bits per heavy atom. The molecule has 1 aromatic carbocycles. The fourth-order valence-corrected chi connectivity index (χ4v) is 2.89. The summed E-state index contributed by atoms with van der Waals surface area (Å²) in [5.41, 5.74) is 0.915. The van der Waals surface area contributed by atoms with E-state index in [2.05, 4.69) is 10.2 Å². The van der Waals surface area contributed by atoms with E-state index in [0.29, 0.717) is 6.54 Å². The molecule has 2 rings (SSSR count). The summed E-state index contributed by atoms with van der Waals surface area (Å²) in [4.78, 5) is 2.18. The second-order valence-electron chi connectivity index (χ2n) is 5.60. The van der Waals surface area contributed by atoms with Gasteiger partial charge in [-0.25, -0.2) is 4.39 Å². The topological polar surface area (TPSA) is 24.5 Å². The first kappa shape index (κ1) is 14.4. The summed E-state index contributed by atoms with van der Waals surface area (Å²) in [7, 11) is 4.01. The lowest BCUT2D eigenvalue weighted by molar-refractivity contribution is 0.117. The van der Waals surface area contributed by atoms with E-state index >= 15 is 0 Å². The minimum absolute atomic E-state index is 0.125. The molecule has 0 radical (unpaired) electrons. The maximum absolute atomic E-state index is 13.6. The summed E-state index contributed by atoms with van der Waals surface area (Å²) >= 11 is 0. The van der Waals surface area contributed by atoms with Gasteiger partial charge in [0.25, 0.3) is 0 Å². The van der Waals surface area contributed by atoms with Gasteiger partial charge in [-0.2, -0.15) is 0 Å². The highest BCUT2D eigenvalue weighted by Gasteiger charge is 2.35. The molecule has 1 aliphatic rings. The van der Waals surface area contributed by atoms with Crippen molar-refractivity contribution < 1.29 is 9.13 Å². The maximum Gasteiger partial charge on any atom is 0.127 e. The highest BCUT2D eigenvalue weighted by molar-refractivity contribution is 5.17. The van der Waals surface area contributed by atoms with Gasteiger partial charge < -0.3 is 15.0 Å². The quantitative estimate of drug-likeness (QED) is 0.851. The number of nitrogens with one attached hydrogen (secondary N) is 1. The van der Waals surface area contributed by atoms with Crippen LogP contribution >= 0.6 is 0 Å². The first-order valence-corrected chi connectivity index (χ1v) is 6.79. The predicted octanol–water partition coefficient (Wildman–Crippen LogP) is 1.88. The molecule has 1 aromatic rings. The number of hydrogen-bond acceptors (Lipinski definition) is 3. The third-order valence-corrected chi connectivity index (χ3v) is 3.74. The SMILES string of the molecule is CNCC1(CN(C)Cc2ccccc2F)CCOC1. The van der Waals surface area contributed by atoms with Crippen LogP contribution in [-0.4, -0.2) is 45.3 Å². The van der Waals surface area contributed by atoms with Gasteiger partial charge in [0, 0.05) is 37.2 Å². The predicted molar refractivity (Wildman–Crippen MR) is 74.5 cm³/mol. The number of hydrogen-bond donors (Lipinski definition) is 1. The average Bonchev–Trinajstić information content (AvgIpc) is 2.81. The zero-order valence-corrected chi connectivity index (χ0v) is 11.8. The van der Waals surface area contributed by atoms with Gasteiger partial charge in [-0.05, 0) is 26.6 Å². The van der Waals surface area contributed by atoms with Gasteiger partial charge in [-0.1, -0.05) is 18.2 Å². The lowest BCUT2D eigenvalue weighted by Crippen LogP contribution is -2.42. The molecule has 0 aromatic heterocycles. The molecule has 19 heavy (non-hydrogen) atoms. The Morgan fingerprint density at radius 1 is 1.42 bits per heavy atom. The fourth-order valence-electron chi connectivity index (χ4n) is 2.89. The molecule has 106 valence electrons. The molecule has 0 spiro atoms. The highest BCUT2D eigenvalue weighted by atomic mass is 19.1. The second-order valence-corrected chi connectivity index (χ2v) is 5.60. The Kier molecular flexibility index (Phi) is 4.91. The zero-order chi connectivity index (χ0) is 13.7. The third kappa shape index (κ3) is 3.75. The Morgan fingerprint density at radius 3 is 2.84 bits per heavy atom. The van der Waals surface area contributed by atoms with Gasteiger partial charge in [0.15, 0.2) is 0 Å². The summed E-state index contributed by atoms with van der Waals surface area (Å²) in [5, 5.41) is 3.25. The second kappa shape index (κ2) is 6.46. The van der Waals surface area contributed by atoms with Gasteiger partial charge in [0.05, 0.1) is 6.61 Å². The van der Waals surface area contributed by atoms with Crippen LogP contribution in [0.2, 0.25) is 0 Å². The van der Waals surface area contributed by atoms with Crippen molar-refractivity contribution >= 4 is 0 Å². The van der Waals surface area contributed by atoms with Gasteiger partial charge in [0.2, 0.25) is 0 Å². The van der Waals surface area contributed by atoms with E-state index in [1.54, 1.807) is 6.07 Å². The van der Waals surface area contributed by atoms with Crippen LogP contribution in [0, 0.1) is 11.2 Å². The molecule has 1 aliphatic heterocycles. The van der Waals surface area contributed by atoms with Gasteiger partial charge >= 0.3 is 0 Å². The molecule has 1 fully saturated rings. The van der Waals surface area contributed by atoms with Gasteiger partial charge in [-0.3, -0.25) is 0 Å². The van der Waals surface area contributed by atoms with Crippen molar-refractivity contribution in [3.8, 4) is 0 Å². The number of rotatable bonds is 6. The molecule has 1 saturated heterocycles. The summed E-state index contributed by atoms with van der Waals surface area (Å²) in [6.07, 6.45) is 1.06. The van der Waals surface area contributed by atoms with Crippen LogP contribution < -0.4 is 5.32 Å². The van der Waals surface area contributed by atoms with E-state index in [9.17, 15) is 4.39 Å². The average molecular weight is 266 g/mol. The standard InChI is InChI=1S/C15H23FN2O/c1-17-10-15(7-8-19-12-15)11-18(2)9-13-5-3-4-6-14(13)16/h3-6,17H,7-12H2,1-2H3. The first-order chi connectivity index (χ1) is 9.15. The summed E-state index contributed by atoms with van der Waals surface area (Å²) in [5.74, 6) is -0.125. The highest BCUT2D eigenvalue weighted by Crippen LogP contribution is 2.29. The Labute approximate surface area is 114 Å². The molecule has 3 nitrogen and oxygen atoms in total. The van der Waals surface area contributed by atoms with Crippen LogP contribution in [0.1, 0.15) is 12.0 Å². The van der Waals surface area contributed by atoms with Crippen LogP contribution in [-0.2, 0) is 11.3 Å². The normalized spacial score (nSPS) is 23.2. The Balaban J connectivity index is 1.96. The first-order valence-electron chi connectivity index (χ1n) is 6.79. The third-order valence-electron chi connectivity index (χ3n) is 3.74. The van der Waals surface area contributed by atoms with Gasteiger partial charge in [0.1, 0.15) is 5.82 Å². The molecule has 0 saturated carbocycles. The number of nitrogens with zero attached hydrogens (tertiary/aromatic N) is 1. The molecule has 4 heteroatoms. The van der Waals surface area contributed by atoms with Crippen LogP contribution in [0.15, 0.2) is 24.3 Å². The number of ether oxygens (including phenoxy) is 1. The Hall–Kier alpha value is -0.970. The van der Waals surface area contributed by atoms with E-state index in [0.717, 1.165) is 38.3 Å². The van der Waals surface area contributed by atoms with Crippen molar-refractivity contribution in [2.24, 2.45) is 5.41 Å². The fraction of sp³-hybridized carbons (Fsp3) is 0.600. The molecule has 1 unspecified atom stereocenters. The van der Waals surface area contributed by atoms with E-state index < -0.39 is 0 Å². The number of benzene rings is 1. The summed E-state index contributed by atoms with van der Waals surface area (Å²) in [6.45, 7) is 4.11. The minimum Gasteiger partial charge on any atom is -0.381 e. The maximum atomic E-state index is 13.6. The molecule has 1 heterocycles. The van der Waals surface area contributed by atoms with Crippen LogP contribution in [0.4, 0.5) is 4.39 Å². The Bertz CT molecular complexity index is 405. The monoisotopic (exact) mass is 266 g/mol. The molecule has 1 atom stereocenters. The van der Waals surface area contributed by atoms with Crippen LogP contribution in [0.5, 0.6) is 0 Å². The van der Waals surface area contributed by atoms with Crippen molar-refractivity contribution in [3.63, 3.8) is 0 Å². The van der Waals surface area contributed by atoms with Crippen LogP contribution in [0.25, 0.3) is 0 Å². The van der Waals surface area contributed by atoms with Gasteiger partial charge in [-0.15, -0.1) is 0 Å². The molecule has 0 aliphatic carbocycles. The van der Waals surface area contributed by atoms with Crippen molar-refractivity contribution in [3.05, 3.63) is 35.6 Å². The van der Waals surface area contributed by atoms with E-state index in [1.165, 1.54) is 6.07 Å². The molecular weight excluding hydrogens is 243 g/mol. The minimum atomic E-state index is -0.125. The van der Waals surface area contributed by atoms with Crippen molar-refractivity contribution in [1.82, 2.24) is 10.2 Å². The molecule has 1 N–H and O–H groups in total.